The van der Waals surface area contributed by atoms with Crippen LogP contribution in [0, 0.1) is 0 Å². The lowest BCUT2D eigenvalue weighted by molar-refractivity contribution is 0.482. The van der Waals surface area contributed by atoms with Crippen LogP contribution in [0.1, 0.15) is 0 Å². The second kappa shape index (κ2) is 5.41. The summed E-state index contributed by atoms with van der Waals surface area (Å²) in [5, 5.41) is 14.1. The molecule has 3 aromatic carbocycles. The van der Waals surface area contributed by atoms with E-state index in [-0.39, 0.29) is 5.75 Å². The van der Waals surface area contributed by atoms with Crippen LogP contribution in [0.2, 0.25) is 10.0 Å². The molecule has 0 aliphatic heterocycles. The second-order valence-electron chi connectivity index (χ2n) is 5.36. The van der Waals surface area contributed by atoms with Crippen LogP contribution in [-0.4, -0.2) is 10.1 Å². The third-order valence-corrected chi connectivity index (χ3v) is 4.68. The van der Waals surface area contributed by atoms with Gasteiger partial charge in [0.1, 0.15) is 5.75 Å². The highest BCUT2D eigenvalue weighted by molar-refractivity contribution is 6.42. The number of aromatic nitrogens is 1. The molecule has 0 saturated carbocycles. The molecule has 0 saturated heterocycles. The van der Waals surface area contributed by atoms with Gasteiger partial charge in [0.15, 0.2) is 0 Å². The van der Waals surface area contributed by atoms with Crippen LogP contribution in [0.3, 0.4) is 0 Å². The number of aromatic hydroxyl groups is 1. The Bertz CT molecular complexity index is 1060. The number of phenols is 1. The molecule has 2 nitrogen and oxygen atoms in total. The second-order valence-corrected chi connectivity index (χ2v) is 6.18. The Labute approximate surface area is 142 Å². The molecule has 4 aromatic rings. The van der Waals surface area contributed by atoms with E-state index in [0.29, 0.717) is 10.0 Å². The number of para-hydroxylation sites is 1. The van der Waals surface area contributed by atoms with Crippen LogP contribution in [0.4, 0.5) is 0 Å². The number of benzene rings is 3. The van der Waals surface area contributed by atoms with Crippen LogP contribution in [-0.2, 0) is 0 Å². The minimum absolute atomic E-state index is 0.196. The first-order valence-electron chi connectivity index (χ1n) is 7.09. The predicted molar refractivity (Wildman–Crippen MR) is 96.4 cm³/mol. The molecule has 1 heterocycles. The van der Waals surface area contributed by atoms with E-state index in [9.17, 15) is 5.11 Å². The van der Waals surface area contributed by atoms with E-state index < -0.39 is 0 Å². The highest BCUT2D eigenvalue weighted by Crippen LogP contribution is 2.36. The van der Waals surface area contributed by atoms with Crippen molar-refractivity contribution in [2.24, 2.45) is 0 Å². The van der Waals surface area contributed by atoms with Gasteiger partial charge in [-0.05, 0) is 46.8 Å². The minimum Gasteiger partial charge on any atom is -0.507 e. The Hall–Kier alpha value is -2.29. The zero-order valence-corrected chi connectivity index (χ0v) is 13.4. The highest BCUT2D eigenvalue weighted by atomic mass is 35.5. The Morgan fingerprint density at radius 2 is 1.57 bits per heavy atom. The lowest BCUT2D eigenvalue weighted by atomic mass is 9.99. The van der Waals surface area contributed by atoms with Crippen LogP contribution in [0.15, 0.2) is 60.8 Å². The maximum absolute atomic E-state index is 10.4. The van der Waals surface area contributed by atoms with Gasteiger partial charge < -0.3 is 5.11 Å². The van der Waals surface area contributed by atoms with Gasteiger partial charge in [0, 0.05) is 17.0 Å². The molecule has 0 aliphatic carbocycles. The summed E-state index contributed by atoms with van der Waals surface area (Å²) in [4.78, 5) is 4.40. The molecular weight excluding hydrogens is 329 g/mol. The molecule has 0 bridgehead atoms. The number of phenolic OH excluding ortho intramolecular Hbond substituents is 1. The van der Waals surface area contributed by atoms with Gasteiger partial charge in [0.2, 0.25) is 0 Å². The normalized spacial score (nSPS) is 11.2. The zero-order valence-electron chi connectivity index (χ0n) is 11.9. The van der Waals surface area contributed by atoms with Gasteiger partial charge >= 0.3 is 0 Å². The van der Waals surface area contributed by atoms with Gasteiger partial charge in [0.05, 0.1) is 15.6 Å². The standard InChI is InChI=1S/C19H11Cl2NO/c20-16-6-5-11(8-17(16)21)12-7-14-13-3-1-2-4-18(13)22-10-15(14)19(23)9-12/h1-10,23H. The molecule has 0 spiro atoms. The van der Waals surface area contributed by atoms with Crippen molar-refractivity contribution in [3.63, 3.8) is 0 Å². The van der Waals surface area contributed by atoms with Gasteiger partial charge in [0.25, 0.3) is 0 Å². The first-order chi connectivity index (χ1) is 11.1. The maximum Gasteiger partial charge on any atom is 0.125 e. The Morgan fingerprint density at radius 1 is 0.739 bits per heavy atom. The van der Waals surface area contributed by atoms with E-state index in [1.54, 1.807) is 24.4 Å². The summed E-state index contributed by atoms with van der Waals surface area (Å²) in [6, 6.07) is 17.1. The zero-order chi connectivity index (χ0) is 16.0. The van der Waals surface area contributed by atoms with Crippen molar-refractivity contribution in [1.82, 2.24) is 4.98 Å². The van der Waals surface area contributed by atoms with Crippen molar-refractivity contribution in [3.05, 3.63) is 70.8 Å². The highest BCUT2D eigenvalue weighted by Gasteiger charge is 2.10. The van der Waals surface area contributed by atoms with Crippen LogP contribution >= 0.6 is 23.2 Å². The number of fused-ring (bicyclic) bond motifs is 3. The monoisotopic (exact) mass is 339 g/mol. The molecule has 0 unspecified atom stereocenters. The molecule has 1 aromatic heterocycles. The van der Waals surface area contributed by atoms with Crippen LogP contribution < -0.4 is 0 Å². The lowest BCUT2D eigenvalue weighted by Gasteiger charge is -2.09. The molecule has 0 amide bonds. The van der Waals surface area contributed by atoms with Crippen molar-refractivity contribution >= 4 is 44.9 Å². The SMILES string of the molecule is Oc1cc(-c2ccc(Cl)c(Cl)c2)cc2c1cnc1ccccc12. The Morgan fingerprint density at radius 3 is 2.39 bits per heavy atom. The van der Waals surface area contributed by atoms with E-state index >= 15 is 0 Å². The summed E-state index contributed by atoms with van der Waals surface area (Å²) in [6.07, 6.45) is 1.70. The van der Waals surface area contributed by atoms with Crippen molar-refractivity contribution < 1.29 is 5.11 Å². The molecule has 4 rings (SSSR count). The molecule has 23 heavy (non-hydrogen) atoms. The molecule has 0 radical (unpaired) electrons. The van der Waals surface area contributed by atoms with Crippen molar-refractivity contribution in [3.8, 4) is 16.9 Å². The van der Waals surface area contributed by atoms with Gasteiger partial charge in [-0.15, -0.1) is 0 Å². The third kappa shape index (κ3) is 2.40. The number of halogens is 2. The number of nitrogens with zero attached hydrogens (tertiary/aromatic N) is 1. The summed E-state index contributed by atoms with van der Waals surface area (Å²) in [7, 11) is 0. The van der Waals surface area contributed by atoms with Crippen molar-refractivity contribution in [1.29, 1.82) is 0 Å². The first kappa shape index (κ1) is 14.3. The minimum atomic E-state index is 0.196. The molecule has 0 fully saturated rings. The Kier molecular flexibility index (Phi) is 3.37. The fourth-order valence-corrected chi connectivity index (χ4v) is 3.08. The van der Waals surface area contributed by atoms with Crippen LogP contribution in [0.25, 0.3) is 32.8 Å². The number of hydrogen-bond donors (Lipinski definition) is 1. The fraction of sp³-hybridized carbons (Fsp3) is 0. The average molecular weight is 340 g/mol. The summed E-state index contributed by atoms with van der Waals surface area (Å²) >= 11 is 12.1. The van der Waals surface area contributed by atoms with Crippen molar-refractivity contribution in [2.75, 3.05) is 0 Å². The molecule has 4 heteroatoms. The van der Waals surface area contributed by atoms with Gasteiger partial charge in [-0.3, -0.25) is 4.98 Å². The summed E-state index contributed by atoms with van der Waals surface area (Å²) in [5.74, 6) is 0.196. The van der Waals surface area contributed by atoms with Crippen LogP contribution in [0.5, 0.6) is 5.75 Å². The lowest BCUT2D eigenvalue weighted by Crippen LogP contribution is -1.85. The van der Waals surface area contributed by atoms with E-state index in [2.05, 4.69) is 4.98 Å². The van der Waals surface area contributed by atoms with E-state index in [1.165, 1.54) is 0 Å². The first-order valence-corrected chi connectivity index (χ1v) is 7.85. The van der Waals surface area contributed by atoms with E-state index in [4.69, 9.17) is 23.2 Å². The van der Waals surface area contributed by atoms with Crippen molar-refractivity contribution in [2.45, 2.75) is 0 Å². The number of pyridine rings is 1. The number of rotatable bonds is 1. The van der Waals surface area contributed by atoms with Gasteiger partial charge in [-0.25, -0.2) is 0 Å². The largest absolute Gasteiger partial charge is 0.507 e. The summed E-state index contributed by atoms with van der Waals surface area (Å²) in [6.45, 7) is 0. The Balaban J connectivity index is 2.05. The molecule has 112 valence electrons. The average Bonchev–Trinajstić information content (AvgIpc) is 2.57. The molecule has 1 N–H and O–H groups in total. The van der Waals surface area contributed by atoms with Gasteiger partial charge in [-0.2, -0.15) is 0 Å². The fourth-order valence-electron chi connectivity index (χ4n) is 2.79. The summed E-state index contributed by atoms with van der Waals surface area (Å²) < 4.78 is 0. The van der Waals surface area contributed by atoms with Gasteiger partial charge in [-0.1, -0.05) is 47.5 Å². The molecule has 0 atom stereocenters. The smallest absolute Gasteiger partial charge is 0.125 e. The molecule has 0 aliphatic rings. The maximum atomic E-state index is 10.4. The topological polar surface area (TPSA) is 33.1 Å². The quantitative estimate of drug-likeness (QED) is 0.427. The van der Waals surface area contributed by atoms with E-state index in [1.807, 2.05) is 36.4 Å². The number of hydrogen-bond acceptors (Lipinski definition) is 2. The predicted octanol–water partition coefficient (Wildman–Crippen LogP) is 6.07. The third-order valence-electron chi connectivity index (χ3n) is 3.94. The molecular formula is C19H11Cl2NO. The summed E-state index contributed by atoms with van der Waals surface area (Å²) in [5.41, 5.74) is 2.67. The van der Waals surface area contributed by atoms with E-state index in [0.717, 1.165) is 32.8 Å².